The van der Waals surface area contributed by atoms with Gasteiger partial charge in [-0.3, -0.25) is 4.79 Å². The second-order valence-electron chi connectivity index (χ2n) is 8.10. The maximum Gasteiger partial charge on any atom is 0.293 e. The number of methoxy groups -OCH3 is 1. The minimum absolute atomic E-state index is 0.209. The molecule has 1 fully saturated rings. The Balaban J connectivity index is 1.48. The van der Waals surface area contributed by atoms with Crippen LogP contribution in [-0.2, 0) is 25.4 Å². The number of nitrogens with zero attached hydrogens (tertiary/aromatic N) is 1. The van der Waals surface area contributed by atoms with Crippen molar-refractivity contribution in [3.63, 3.8) is 0 Å². The standard InChI is InChI=1S/C23H35NO4/c1-26-14-15-28-23-17-21(16-20-6-2-3-7-22(20)23)19-8-11-24(12-9-19)10-4-5-13-27-18-25/h2-3,6-7,18-19,21,23H,4-5,8-17H2,1H3. The summed E-state index contributed by atoms with van der Waals surface area (Å²) in [5, 5.41) is 0. The molecule has 1 heterocycles. The topological polar surface area (TPSA) is 48.0 Å². The average molecular weight is 390 g/mol. The maximum atomic E-state index is 10.2. The van der Waals surface area contributed by atoms with Crippen LogP contribution in [0, 0.1) is 11.8 Å². The Bertz CT molecular complexity index is 586. The fourth-order valence-corrected chi connectivity index (χ4v) is 4.81. The van der Waals surface area contributed by atoms with Crippen LogP contribution in [0.25, 0.3) is 0 Å². The maximum absolute atomic E-state index is 10.2. The van der Waals surface area contributed by atoms with E-state index < -0.39 is 0 Å². The minimum Gasteiger partial charge on any atom is -0.468 e. The first kappa shape index (κ1) is 21.3. The molecule has 5 heteroatoms. The molecule has 0 aromatic heterocycles. The first-order valence-electron chi connectivity index (χ1n) is 10.8. The van der Waals surface area contributed by atoms with Crippen molar-refractivity contribution < 1.29 is 19.0 Å². The number of fused-ring (bicyclic) bond motifs is 1. The highest BCUT2D eigenvalue weighted by Gasteiger charge is 2.33. The summed E-state index contributed by atoms with van der Waals surface area (Å²) in [6, 6.07) is 8.81. The number of hydrogen-bond donors (Lipinski definition) is 0. The summed E-state index contributed by atoms with van der Waals surface area (Å²) in [6.07, 6.45) is 7.15. The summed E-state index contributed by atoms with van der Waals surface area (Å²) in [6.45, 7) is 5.89. The van der Waals surface area contributed by atoms with E-state index in [9.17, 15) is 4.79 Å². The summed E-state index contributed by atoms with van der Waals surface area (Å²) in [4.78, 5) is 12.8. The van der Waals surface area contributed by atoms with E-state index in [4.69, 9.17) is 14.2 Å². The first-order valence-corrected chi connectivity index (χ1v) is 10.8. The zero-order chi connectivity index (χ0) is 19.6. The number of likely N-dealkylation sites (tertiary alicyclic amines) is 1. The van der Waals surface area contributed by atoms with Crippen LogP contribution in [0.2, 0.25) is 0 Å². The first-order chi connectivity index (χ1) is 13.8. The van der Waals surface area contributed by atoms with Gasteiger partial charge in [0.1, 0.15) is 0 Å². The minimum atomic E-state index is 0.209. The lowest BCUT2D eigenvalue weighted by Gasteiger charge is -2.40. The summed E-state index contributed by atoms with van der Waals surface area (Å²) >= 11 is 0. The highest BCUT2D eigenvalue weighted by Crippen LogP contribution is 2.41. The third-order valence-corrected chi connectivity index (χ3v) is 6.36. The van der Waals surface area contributed by atoms with E-state index in [1.165, 1.54) is 43.5 Å². The molecule has 0 bridgehead atoms. The van der Waals surface area contributed by atoms with E-state index in [-0.39, 0.29) is 6.10 Å². The lowest BCUT2D eigenvalue weighted by Crippen LogP contribution is -2.38. The van der Waals surface area contributed by atoms with Crippen LogP contribution in [0.5, 0.6) is 0 Å². The number of ether oxygens (including phenoxy) is 3. The van der Waals surface area contributed by atoms with Crippen LogP contribution < -0.4 is 0 Å². The van der Waals surface area contributed by atoms with E-state index >= 15 is 0 Å². The van der Waals surface area contributed by atoms with E-state index in [1.807, 2.05) is 0 Å². The fourth-order valence-electron chi connectivity index (χ4n) is 4.81. The van der Waals surface area contributed by atoms with Gasteiger partial charge >= 0.3 is 0 Å². The zero-order valence-electron chi connectivity index (χ0n) is 17.2. The number of carbonyl (C=O) groups is 1. The van der Waals surface area contributed by atoms with Gasteiger partial charge in [-0.1, -0.05) is 24.3 Å². The van der Waals surface area contributed by atoms with Crippen LogP contribution in [0.3, 0.4) is 0 Å². The van der Waals surface area contributed by atoms with Gasteiger partial charge in [0.25, 0.3) is 6.47 Å². The average Bonchev–Trinajstić information content (AvgIpc) is 2.74. The molecule has 3 rings (SSSR count). The number of unbranched alkanes of at least 4 members (excludes halogenated alkanes) is 1. The number of piperidine rings is 1. The molecule has 0 amide bonds. The quantitative estimate of drug-likeness (QED) is 0.427. The molecule has 2 atom stereocenters. The fraction of sp³-hybridized carbons (Fsp3) is 0.696. The van der Waals surface area contributed by atoms with Gasteiger partial charge in [0.2, 0.25) is 0 Å². The molecule has 1 aromatic carbocycles. The Morgan fingerprint density at radius 2 is 1.89 bits per heavy atom. The molecule has 0 spiro atoms. The SMILES string of the molecule is COCCOC1CC(C2CCN(CCCCOC=O)CC2)Cc2ccccc21. The van der Waals surface area contributed by atoms with Gasteiger partial charge in [0.15, 0.2) is 0 Å². The van der Waals surface area contributed by atoms with Gasteiger partial charge in [0.05, 0.1) is 25.9 Å². The molecule has 1 aliphatic heterocycles. The Hall–Kier alpha value is -1.43. The second-order valence-corrected chi connectivity index (χ2v) is 8.10. The molecule has 5 nitrogen and oxygen atoms in total. The normalized spacial score (nSPS) is 23.3. The van der Waals surface area contributed by atoms with E-state index in [2.05, 4.69) is 29.2 Å². The number of hydrogen-bond acceptors (Lipinski definition) is 5. The summed E-state index contributed by atoms with van der Waals surface area (Å²) in [5.41, 5.74) is 2.85. The third-order valence-electron chi connectivity index (χ3n) is 6.36. The van der Waals surface area contributed by atoms with E-state index in [0.717, 1.165) is 31.7 Å². The van der Waals surface area contributed by atoms with E-state index in [0.29, 0.717) is 32.2 Å². The largest absolute Gasteiger partial charge is 0.468 e. The molecular weight excluding hydrogens is 354 g/mol. The number of rotatable bonds is 11. The van der Waals surface area contributed by atoms with Crippen LogP contribution in [0.1, 0.15) is 49.3 Å². The molecule has 28 heavy (non-hydrogen) atoms. The van der Waals surface area contributed by atoms with E-state index in [1.54, 1.807) is 7.11 Å². The van der Waals surface area contributed by atoms with Gasteiger partial charge in [-0.2, -0.15) is 0 Å². The number of carbonyl (C=O) groups excluding carboxylic acids is 1. The zero-order valence-corrected chi connectivity index (χ0v) is 17.2. The van der Waals surface area contributed by atoms with Crippen LogP contribution in [-0.4, -0.2) is 57.9 Å². The Labute approximate surface area is 169 Å². The molecule has 1 aromatic rings. The molecule has 1 saturated heterocycles. The molecule has 0 saturated carbocycles. The van der Waals surface area contributed by atoms with Crippen LogP contribution in [0.4, 0.5) is 0 Å². The van der Waals surface area contributed by atoms with Crippen LogP contribution >= 0.6 is 0 Å². The van der Waals surface area contributed by atoms with Crippen LogP contribution in [0.15, 0.2) is 24.3 Å². The Kier molecular flexibility index (Phi) is 8.77. The third kappa shape index (κ3) is 6.03. The lowest BCUT2D eigenvalue weighted by molar-refractivity contribution is -0.128. The smallest absolute Gasteiger partial charge is 0.293 e. The predicted octanol–water partition coefficient (Wildman–Crippen LogP) is 3.62. The summed E-state index contributed by atoms with van der Waals surface area (Å²) < 4.78 is 16.2. The van der Waals surface area contributed by atoms with Crippen molar-refractivity contribution >= 4 is 6.47 Å². The number of benzene rings is 1. The van der Waals surface area contributed by atoms with Crippen molar-refractivity contribution in [2.24, 2.45) is 11.8 Å². The summed E-state index contributed by atoms with van der Waals surface area (Å²) in [7, 11) is 1.73. The van der Waals surface area contributed by atoms with Gasteiger partial charge < -0.3 is 19.1 Å². The van der Waals surface area contributed by atoms with Crippen molar-refractivity contribution in [2.45, 2.75) is 44.6 Å². The Morgan fingerprint density at radius 3 is 2.68 bits per heavy atom. The highest BCUT2D eigenvalue weighted by molar-refractivity contribution is 5.36. The second kappa shape index (κ2) is 11.5. The van der Waals surface area contributed by atoms with Crippen molar-refractivity contribution in [1.29, 1.82) is 0 Å². The van der Waals surface area contributed by atoms with Crippen molar-refractivity contribution in [3.8, 4) is 0 Å². The van der Waals surface area contributed by atoms with Crippen molar-refractivity contribution in [2.75, 3.05) is 46.6 Å². The summed E-state index contributed by atoms with van der Waals surface area (Å²) in [5.74, 6) is 1.50. The van der Waals surface area contributed by atoms with Gasteiger partial charge in [0, 0.05) is 7.11 Å². The lowest BCUT2D eigenvalue weighted by atomic mass is 9.72. The molecule has 0 radical (unpaired) electrons. The monoisotopic (exact) mass is 389 g/mol. The Morgan fingerprint density at radius 1 is 1.07 bits per heavy atom. The van der Waals surface area contributed by atoms with Crippen molar-refractivity contribution in [1.82, 2.24) is 4.90 Å². The molecule has 2 aliphatic rings. The molecule has 1 aliphatic carbocycles. The van der Waals surface area contributed by atoms with Gasteiger partial charge in [-0.15, -0.1) is 0 Å². The molecule has 0 N–H and O–H groups in total. The van der Waals surface area contributed by atoms with Gasteiger partial charge in [-0.25, -0.2) is 0 Å². The molecule has 156 valence electrons. The highest BCUT2D eigenvalue weighted by atomic mass is 16.5. The molecule has 2 unspecified atom stereocenters. The van der Waals surface area contributed by atoms with Crippen molar-refractivity contribution in [3.05, 3.63) is 35.4 Å². The molecular formula is C23H35NO4. The predicted molar refractivity (Wildman–Crippen MR) is 109 cm³/mol. The van der Waals surface area contributed by atoms with Gasteiger partial charge in [-0.05, 0) is 81.1 Å².